The zero-order valence-electron chi connectivity index (χ0n) is 11.6. The molecule has 106 valence electrons. The third-order valence-corrected chi connectivity index (χ3v) is 3.57. The van der Waals surface area contributed by atoms with Crippen LogP contribution in [0.25, 0.3) is 10.8 Å². The van der Waals surface area contributed by atoms with Crippen molar-refractivity contribution >= 4 is 28.5 Å². The van der Waals surface area contributed by atoms with Gasteiger partial charge in [-0.2, -0.15) is 0 Å². The molecule has 0 aromatic heterocycles. The molecule has 0 spiro atoms. The maximum atomic E-state index is 12.5. The van der Waals surface area contributed by atoms with Crippen LogP contribution in [0.5, 0.6) is 0 Å². The van der Waals surface area contributed by atoms with Gasteiger partial charge in [-0.1, -0.05) is 24.3 Å². The van der Waals surface area contributed by atoms with Gasteiger partial charge in [0.05, 0.1) is 0 Å². The van der Waals surface area contributed by atoms with Crippen molar-refractivity contribution in [3.8, 4) is 0 Å². The van der Waals surface area contributed by atoms with E-state index in [1.807, 2.05) is 12.1 Å². The van der Waals surface area contributed by atoms with E-state index in [2.05, 4.69) is 5.32 Å². The van der Waals surface area contributed by atoms with Gasteiger partial charge in [0.25, 0.3) is 11.8 Å². The first-order chi connectivity index (χ1) is 10.1. The van der Waals surface area contributed by atoms with E-state index in [-0.39, 0.29) is 30.8 Å². The highest BCUT2D eigenvalue weighted by atomic mass is 16.2. The normalized spacial score (nSPS) is 13.7. The third-order valence-electron chi connectivity index (χ3n) is 3.57. The molecule has 5 nitrogen and oxygen atoms in total. The Bertz CT molecular complexity index is 716. The van der Waals surface area contributed by atoms with E-state index >= 15 is 0 Å². The lowest BCUT2D eigenvalue weighted by molar-refractivity contribution is -0.119. The van der Waals surface area contributed by atoms with Crippen molar-refractivity contribution in [2.24, 2.45) is 0 Å². The molecule has 1 heterocycles. The van der Waals surface area contributed by atoms with Crippen molar-refractivity contribution in [2.45, 2.75) is 6.92 Å². The summed E-state index contributed by atoms with van der Waals surface area (Å²) >= 11 is 0. The zero-order chi connectivity index (χ0) is 15.0. The van der Waals surface area contributed by atoms with Crippen LogP contribution in [0.2, 0.25) is 0 Å². The van der Waals surface area contributed by atoms with Gasteiger partial charge in [-0.15, -0.1) is 0 Å². The summed E-state index contributed by atoms with van der Waals surface area (Å²) in [5.41, 5.74) is 1.07. The van der Waals surface area contributed by atoms with Gasteiger partial charge in [-0.25, -0.2) is 0 Å². The second-order valence-corrected chi connectivity index (χ2v) is 4.95. The average molecular weight is 282 g/mol. The highest BCUT2D eigenvalue weighted by Gasteiger charge is 2.32. The van der Waals surface area contributed by atoms with Gasteiger partial charge in [0.2, 0.25) is 5.91 Å². The number of hydrogen-bond acceptors (Lipinski definition) is 3. The molecule has 1 aliphatic heterocycles. The van der Waals surface area contributed by atoms with Gasteiger partial charge in [-0.3, -0.25) is 19.3 Å². The number of benzene rings is 2. The van der Waals surface area contributed by atoms with Gasteiger partial charge < -0.3 is 5.32 Å². The topological polar surface area (TPSA) is 66.5 Å². The van der Waals surface area contributed by atoms with Gasteiger partial charge in [0.15, 0.2) is 0 Å². The molecule has 0 saturated carbocycles. The largest absolute Gasteiger partial charge is 0.355 e. The van der Waals surface area contributed by atoms with E-state index in [0.717, 1.165) is 5.39 Å². The Morgan fingerprint density at radius 1 is 1.05 bits per heavy atom. The molecule has 5 heteroatoms. The summed E-state index contributed by atoms with van der Waals surface area (Å²) in [6.07, 6.45) is 0. The fourth-order valence-electron chi connectivity index (χ4n) is 2.63. The number of carbonyl (C=O) groups is 3. The first kappa shape index (κ1) is 13.3. The molecule has 1 aliphatic rings. The molecule has 0 atom stereocenters. The number of imide groups is 1. The Labute approximate surface area is 121 Å². The van der Waals surface area contributed by atoms with Crippen LogP contribution in [0.1, 0.15) is 27.6 Å². The summed E-state index contributed by atoms with van der Waals surface area (Å²) in [7, 11) is 0. The molecule has 3 amide bonds. The summed E-state index contributed by atoms with van der Waals surface area (Å²) in [6, 6.07) is 10.8. The van der Waals surface area contributed by atoms with Gasteiger partial charge >= 0.3 is 0 Å². The van der Waals surface area contributed by atoms with E-state index < -0.39 is 0 Å². The average Bonchev–Trinajstić information content (AvgIpc) is 2.47. The van der Waals surface area contributed by atoms with Crippen LogP contribution >= 0.6 is 0 Å². The Hall–Kier alpha value is -2.69. The predicted octanol–water partition coefficient (Wildman–Crippen LogP) is 1.57. The molecule has 0 radical (unpaired) electrons. The fourth-order valence-corrected chi connectivity index (χ4v) is 2.63. The minimum atomic E-state index is -0.311. The van der Waals surface area contributed by atoms with Gasteiger partial charge in [0.1, 0.15) is 0 Å². The molecule has 0 bridgehead atoms. The number of nitrogens with one attached hydrogen (secondary N) is 1. The molecular weight excluding hydrogens is 268 g/mol. The SMILES string of the molecule is CC(=O)NCCN1C(=O)c2cccc3cccc(c23)C1=O. The molecule has 1 N–H and O–H groups in total. The summed E-state index contributed by atoms with van der Waals surface area (Å²) in [5, 5.41) is 4.19. The molecular formula is C16H14N2O3. The summed E-state index contributed by atoms with van der Waals surface area (Å²) in [4.78, 5) is 37.1. The number of carbonyl (C=O) groups excluding carboxylic acids is 3. The Morgan fingerprint density at radius 2 is 1.62 bits per heavy atom. The van der Waals surface area contributed by atoms with Crippen molar-refractivity contribution in [3.05, 3.63) is 47.5 Å². The minimum absolute atomic E-state index is 0.169. The van der Waals surface area contributed by atoms with Crippen molar-refractivity contribution < 1.29 is 14.4 Å². The molecule has 21 heavy (non-hydrogen) atoms. The standard InChI is InChI=1S/C16H14N2O3/c1-10(19)17-8-9-18-15(20)12-6-2-4-11-5-3-7-13(14(11)12)16(18)21/h2-7H,8-9H2,1H3,(H,17,19). The summed E-state index contributed by atoms with van der Waals surface area (Å²) in [6.45, 7) is 1.82. The second-order valence-electron chi connectivity index (χ2n) is 4.95. The first-order valence-electron chi connectivity index (χ1n) is 6.72. The Morgan fingerprint density at radius 3 is 2.14 bits per heavy atom. The summed E-state index contributed by atoms with van der Waals surface area (Å²) in [5.74, 6) is -0.807. The number of rotatable bonds is 3. The maximum absolute atomic E-state index is 12.5. The van der Waals surface area contributed by atoms with E-state index in [1.165, 1.54) is 11.8 Å². The smallest absolute Gasteiger partial charge is 0.261 e. The lowest BCUT2D eigenvalue weighted by atomic mass is 9.94. The van der Waals surface area contributed by atoms with E-state index in [4.69, 9.17) is 0 Å². The molecule has 2 aromatic carbocycles. The van der Waals surface area contributed by atoms with Crippen molar-refractivity contribution in [3.63, 3.8) is 0 Å². The quantitative estimate of drug-likeness (QED) is 0.869. The number of hydrogen-bond donors (Lipinski definition) is 1. The third kappa shape index (κ3) is 2.16. The van der Waals surface area contributed by atoms with Crippen LogP contribution < -0.4 is 5.32 Å². The van der Waals surface area contributed by atoms with Crippen molar-refractivity contribution in [1.29, 1.82) is 0 Å². The maximum Gasteiger partial charge on any atom is 0.261 e. The van der Waals surface area contributed by atoms with E-state index in [1.54, 1.807) is 24.3 Å². The first-order valence-corrected chi connectivity index (χ1v) is 6.72. The van der Waals surface area contributed by atoms with E-state index in [9.17, 15) is 14.4 Å². The minimum Gasteiger partial charge on any atom is -0.355 e. The lowest BCUT2D eigenvalue weighted by Gasteiger charge is -2.27. The summed E-state index contributed by atoms with van der Waals surface area (Å²) < 4.78 is 0. The Balaban J connectivity index is 2.01. The van der Waals surface area contributed by atoms with Crippen LogP contribution in [0.4, 0.5) is 0 Å². The molecule has 3 rings (SSSR count). The second kappa shape index (κ2) is 5.01. The van der Waals surface area contributed by atoms with Crippen molar-refractivity contribution in [1.82, 2.24) is 10.2 Å². The van der Waals surface area contributed by atoms with Gasteiger partial charge in [-0.05, 0) is 17.5 Å². The van der Waals surface area contributed by atoms with Gasteiger partial charge in [0, 0.05) is 36.5 Å². The van der Waals surface area contributed by atoms with Crippen LogP contribution in [0.3, 0.4) is 0 Å². The van der Waals surface area contributed by atoms with Crippen LogP contribution in [-0.2, 0) is 4.79 Å². The molecule has 2 aromatic rings. The Kier molecular flexibility index (Phi) is 3.17. The fraction of sp³-hybridized carbons (Fsp3) is 0.188. The van der Waals surface area contributed by atoms with Crippen LogP contribution in [-0.4, -0.2) is 35.7 Å². The lowest BCUT2D eigenvalue weighted by Crippen LogP contribution is -2.44. The van der Waals surface area contributed by atoms with Crippen LogP contribution in [0, 0.1) is 0 Å². The molecule has 0 saturated heterocycles. The monoisotopic (exact) mass is 282 g/mol. The molecule has 0 fully saturated rings. The van der Waals surface area contributed by atoms with Crippen molar-refractivity contribution in [2.75, 3.05) is 13.1 Å². The highest BCUT2D eigenvalue weighted by Crippen LogP contribution is 2.29. The zero-order valence-corrected chi connectivity index (χ0v) is 11.6. The molecule has 0 unspecified atom stereocenters. The highest BCUT2D eigenvalue weighted by molar-refractivity contribution is 6.25. The number of amides is 3. The predicted molar refractivity (Wildman–Crippen MR) is 78.0 cm³/mol. The van der Waals surface area contributed by atoms with Crippen LogP contribution in [0.15, 0.2) is 36.4 Å². The number of nitrogens with zero attached hydrogens (tertiary/aromatic N) is 1. The molecule has 0 aliphatic carbocycles. The van der Waals surface area contributed by atoms with E-state index in [0.29, 0.717) is 16.5 Å².